The van der Waals surface area contributed by atoms with Gasteiger partial charge in [-0.2, -0.15) is 0 Å². The van der Waals surface area contributed by atoms with Crippen molar-refractivity contribution in [1.82, 2.24) is 0 Å². The highest BCUT2D eigenvalue weighted by Gasteiger charge is 2.19. The molecule has 0 saturated carbocycles. The monoisotopic (exact) mass is 383 g/mol. The fourth-order valence-corrected chi connectivity index (χ4v) is 3.67. The Hall–Kier alpha value is -2.25. The molecule has 0 aliphatic carbocycles. The van der Waals surface area contributed by atoms with Gasteiger partial charge in [0.25, 0.3) is 10.0 Å². The topological polar surface area (TPSA) is 81.7 Å². The van der Waals surface area contributed by atoms with Crippen LogP contribution in [0, 0.1) is 6.92 Å². The second-order valence-electron chi connectivity index (χ2n) is 5.10. The van der Waals surface area contributed by atoms with Crippen molar-refractivity contribution in [2.75, 3.05) is 18.4 Å². The van der Waals surface area contributed by atoms with Crippen LogP contribution < -0.4 is 9.46 Å². The molecule has 2 aromatic carbocycles. The van der Waals surface area contributed by atoms with E-state index in [-0.39, 0.29) is 22.2 Å². The highest BCUT2D eigenvalue weighted by Crippen LogP contribution is 2.29. The molecule has 0 aromatic heterocycles. The number of ether oxygens (including phenoxy) is 2. The standard InChI is InChI=1S/C17H18ClNO5S/c1-4-24-17(20)13-6-5-7-15(11(13)2)19-25(21,22)12-8-9-16(23-3)14(18)10-12/h5-10,19H,4H2,1-3H3. The first-order valence-corrected chi connectivity index (χ1v) is 9.29. The Morgan fingerprint density at radius 2 is 1.96 bits per heavy atom. The number of hydrogen-bond donors (Lipinski definition) is 1. The maximum Gasteiger partial charge on any atom is 0.338 e. The van der Waals surface area contributed by atoms with E-state index in [4.69, 9.17) is 21.1 Å². The summed E-state index contributed by atoms with van der Waals surface area (Å²) in [6.45, 7) is 3.58. The van der Waals surface area contributed by atoms with Crippen molar-refractivity contribution in [2.45, 2.75) is 18.7 Å². The van der Waals surface area contributed by atoms with Gasteiger partial charge >= 0.3 is 5.97 Å². The first kappa shape index (κ1) is 19.1. The smallest absolute Gasteiger partial charge is 0.338 e. The quantitative estimate of drug-likeness (QED) is 0.770. The molecule has 134 valence electrons. The Balaban J connectivity index is 2.37. The number of halogens is 1. The molecule has 25 heavy (non-hydrogen) atoms. The number of sulfonamides is 1. The van der Waals surface area contributed by atoms with Crippen LogP contribution in [-0.4, -0.2) is 28.1 Å². The summed E-state index contributed by atoms with van der Waals surface area (Å²) in [5.41, 5.74) is 1.07. The molecule has 0 saturated heterocycles. The lowest BCUT2D eigenvalue weighted by atomic mass is 10.1. The summed E-state index contributed by atoms with van der Waals surface area (Å²) in [5, 5.41) is 0.183. The number of methoxy groups -OCH3 is 1. The van der Waals surface area contributed by atoms with Gasteiger partial charge < -0.3 is 9.47 Å². The van der Waals surface area contributed by atoms with E-state index < -0.39 is 16.0 Å². The van der Waals surface area contributed by atoms with Crippen molar-refractivity contribution >= 4 is 33.3 Å². The van der Waals surface area contributed by atoms with Crippen molar-refractivity contribution in [3.8, 4) is 5.75 Å². The number of carbonyl (C=O) groups is 1. The summed E-state index contributed by atoms with van der Waals surface area (Å²) in [6.07, 6.45) is 0. The van der Waals surface area contributed by atoms with E-state index in [9.17, 15) is 13.2 Å². The molecule has 0 bridgehead atoms. The predicted octanol–water partition coefficient (Wildman–Crippen LogP) is 3.63. The van der Waals surface area contributed by atoms with Gasteiger partial charge in [0.15, 0.2) is 0 Å². The van der Waals surface area contributed by atoms with E-state index in [1.54, 1.807) is 32.0 Å². The summed E-state index contributed by atoms with van der Waals surface area (Å²) < 4.78 is 37.6. The Morgan fingerprint density at radius 3 is 2.56 bits per heavy atom. The largest absolute Gasteiger partial charge is 0.495 e. The zero-order valence-corrected chi connectivity index (χ0v) is 15.6. The third kappa shape index (κ3) is 4.24. The van der Waals surface area contributed by atoms with Crippen LogP contribution in [0.3, 0.4) is 0 Å². The van der Waals surface area contributed by atoms with E-state index >= 15 is 0 Å². The van der Waals surface area contributed by atoms with Gasteiger partial charge in [0.2, 0.25) is 0 Å². The average Bonchev–Trinajstić information content (AvgIpc) is 2.56. The Labute approximate surface area is 151 Å². The van der Waals surface area contributed by atoms with E-state index in [1.165, 1.54) is 25.3 Å². The minimum atomic E-state index is -3.88. The summed E-state index contributed by atoms with van der Waals surface area (Å²) in [5.74, 6) is -0.130. The number of rotatable bonds is 6. The van der Waals surface area contributed by atoms with Gasteiger partial charge in [0.05, 0.1) is 34.9 Å². The minimum absolute atomic E-state index is 0.0146. The lowest BCUT2D eigenvalue weighted by Gasteiger charge is -2.14. The highest BCUT2D eigenvalue weighted by atomic mass is 35.5. The molecular weight excluding hydrogens is 366 g/mol. The number of nitrogens with one attached hydrogen (secondary N) is 1. The van der Waals surface area contributed by atoms with Crippen molar-refractivity contribution in [1.29, 1.82) is 0 Å². The maximum atomic E-state index is 12.6. The maximum absolute atomic E-state index is 12.6. The van der Waals surface area contributed by atoms with Crippen LogP contribution in [0.5, 0.6) is 5.75 Å². The molecule has 8 heteroatoms. The molecule has 0 radical (unpaired) electrons. The van der Waals surface area contributed by atoms with Crippen LogP contribution in [0.1, 0.15) is 22.8 Å². The number of hydrogen-bond acceptors (Lipinski definition) is 5. The molecule has 0 heterocycles. The zero-order chi connectivity index (χ0) is 18.6. The van der Waals surface area contributed by atoms with Crippen LogP contribution in [-0.2, 0) is 14.8 Å². The third-order valence-electron chi connectivity index (χ3n) is 3.51. The van der Waals surface area contributed by atoms with Gasteiger partial charge in [-0.05, 0) is 49.7 Å². The molecule has 0 aliphatic rings. The van der Waals surface area contributed by atoms with Gasteiger partial charge in [0, 0.05) is 0 Å². The molecule has 2 aromatic rings. The lowest BCUT2D eigenvalue weighted by Crippen LogP contribution is -2.15. The first-order chi connectivity index (χ1) is 11.8. The lowest BCUT2D eigenvalue weighted by molar-refractivity contribution is 0.0525. The van der Waals surface area contributed by atoms with Crippen LogP contribution >= 0.6 is 11.6 Å². The normalized spacial score (nSPS) is 11.0. The number of benzene rings is 2. The third-order valence-corrected chi connectivity index (χ3v) is 5.17. The molecule has 0 unspecified atom stereocenters. The molecular formula is C17H18ClNO5S. The number of carbonyl (C=O) groups excluding carboxylic acids is 1. The Kier molecular flexibility index (Phi) is 5.92. The molecule has 0 fully saturated rings. The summed E-state index contributed by atoms with van der Waals surface area (Å²) in [4.78, 5) is 11.9. The SMILES string of the molecule is CCOC(=O)c1cccc(NS(=O)(=O)c2ccc(OC)c(Cl)c2)c1C. The fourth-order valence-electron chi connectivity index (χ4n) is 2.19. The van der Waals surface area contributed by atoms with Crippen LogP contribution in [0.25, 0.3) is 0 Å². The van der Waals surface area contributed by atoms with Crippen LogP contribution in [0.2, 0.25) is 5.02 Å². The van der Waals surface area contributed by atoms with E-state index in [2.05, 4.69) is 4.72 Å². The van der Waals surface area contributed by atoms with Crippen molar-refractivity contribution in [2.24, 2.45) is 0 Å². The molecule has 0 spiro atoms. The van der Waals surface area contributed by atoms with Gasteiger partial charge in [-0.25, -0.2) is 13.2 Å². The summed E-state index contributed by atoms with van der Waals surface area (Å²) >= 11 is 5.99. The molecule has 1 N–H and O–H groups in total. The van der Waals surface area contributed by atoms with E-state index in [0.717, 1.165) is 0 Å². The molecule has 0 amide bonds. The van der Waals surface area contributed by atoms with Gasteiger partial charge in [-0.1, -0.05) is 17.7 Å². The van der Waals surface area contributed by atoms with Gasteiger partial charge in [0.1, 0.15) is 5.75 Å². The molecule has 0 atom stereocenters. The van der Waals surface area contributed by atoms with E-state index in [1.807, 2.05) is 0 Å². The van der Waals surface area contributed by atoms with E-state index in [0.29, 0.717) is 16.9 Å². The van der Waals surface area contributed by atoms with Gasteiger partial charge in [-0.15, -0.1) is 0 Å². The average molecular weight is 384 g/mol. The summed E-state index contributed by atoms with van der Waals surface area (Å²) in [7, 11) is -2.44. The van der Waals surface area contributed by atoms with Crippen molar-refractivity contribution in [3.05, 3.63) is 52.5 Å². The molecule has 6 nitrogen and oxygen atoms in total. The van der Waals surface area contributed by atoms with Crippen molar-refractivity contribution < 1.29 is 22.7 Å². The Morgan fingerprint density at radius 1 is 1.24 bits per heavy atom. The van der Waals surface area contributed by atoms with Crippen LogP contribution in [0.15, 0.2) is 41.3 Å². The first-order valence-electron chi connectivity index (χ1n) is 7.43. The van der Waals surface area contributed by atoms with Gasteiger partial charge in [-0.3, -0.25) is 4.72 Å². The highest BCUT2D eigenvalue weighted by molar-refractivity contribution is 7.92. The summed E-state index contributed by atoms with van der Waals surface area (Å²) in [6, 6.07) is 8.89. The second-order valence-corrected chi connectivity index (χ2v) is 7.19. The molecule has 2 rings (SSSR count). The second kappa shape index (κ2) is 7.76. The minimum Gasteiger partial charge on any atom is -0.495 e. The predicted molar refractivity (Wildman–Crippen MR) is 95.9 cm³/mol. The van der Waals surface area contributed by atoms with Crippen LogP contribution in [0.4, 0.5) is 5.69 Å². The zero-order valence-electron chi connectivity index (χ0n) is 14.0. The fraction of sp³-hybridized carbons (Fsp3) is 0.235. The molecule has 0 aliphatic heterocycles. The Bertz CT molecular complexity index is 896. The number of esters is 1. The number of anilines is 1. The van der Waals surface area contributed by atoms with Crippen molar-refractivity contribution in [3.63, 3.8) is 0 Å².